The lowest BCUT2D eigenvalue weighted by Crippen LogP contribution is -1.86. The lowest BCUT2D eigenvalue weighted by molar-refractivity contribution is -0.384. The molecule has 13 heavy (non-hydrogen) atoms. The van der Waals surface area contributed by atoms with E-state index in [4.69, 9.17) is 11.6 Å². The summed E-state index contributed by atoms with van der Waals surface area (Å²) in [5.41, 5.74) is -0.00984. The molecule has 0 aromatic heterocycles. The standard InChI is InChI=1S/C6H3BrClNO2.C2H6/c7-4-1-5(8)3-6(2-4)9(10)11;1-2/h1-3H;1-2H3. The molecule has 0 bridgehead atoms. The zero-order chi connectivity index (χ0) is 10.4. The van der Waals surface area contributed by atoms with E-state index in [1.165, 1.54) is 12.1 Å². The van der Waals surface area contributed by atoms with E-state index < -0.39 is 4.92 Å². The van der Waals surface area contributed by atoms with Gasteiger partial charge in [0.05, 0.1) is 4.92 Å². The number of nitro benzene ring substituents is 1. The van der Waals surface area contributed by atoms with Crippen LogP contribution in [0.15, 0.2) is 22.7 Å². The van der Waals surface area contributed by atoms with Gasteiger partial charge in [-0.3, -0.25) is 10.1 Å². The number of rotatable bonds is 1. The summed E-state index contributed by atoms with van der Waals surface area (Å²) in [6.45, 7) is 4.00. The molecule has 1 rings (SSSR count). The summed E-state index contributed by atoms with van der Waals surface area (Å²) in [4.78, 5) is 9.74. The SMILES string of the molecule is CC.O=[N+]([O-])c1cc(Cl)cc(Br)c1. The molecule has 0 saturated carbocycles. The van der Waals surface area contributed by atoms with Crippen LogP contribution in [0.2, 0.25) is 5.02 Å². The molecule has 5 heteroatoms. The second-order valence-electron chi connectivity index (χ2n) is 1.88. The van der Waals surface area contributed by atoms with Crippen LogP contribution < -0.4 is 0 Å². The fourth-order valence-electron chi connectivity index (χ4n) is 0.645. The summed E-state index contributed by atoms with van der Waals surface area (Å²) in [5.74, 6) is 0. The second-order valence-corrected chi connectivity index (χ2v) is 3.24. The lowest BCUT2D eigenvalue weighted by Gasteiger charge is -1.93. The third kappa shape index (κ3) is 4.24. The number of non-ortho nitro benzene ring substituents is 1. The Bertz CT molecular complexity index is 284. The van der Waals surface area contributed by atoms with Crippen LogP contribution in [0.3, 0.4) is 0 Å². The summed E-state index contributed by atoms with van der Waals surface area (Å²) in [7, 11) is 0. The molecule has 0 fully saturated rings. The van der Waals surface area contributed by atoms with Gasteiger partial charge in [0.2, 0.25) is 0 Å². The van der Waals surface area contributed by atoms with E-state index >= 15 is 0 Å². The number of hydrogen-bond acceptors (Lipinski definition) is 2. The van der Waals surface area contributed by atoms with Crippen LogP contribution in [0.4, 0.5) is 5.69 Å². The molecule has 3 nitrogen and oxygen atoms in total. The normalized spacial score (nSPS) is 8.62. The van der Waals surface area contributed by atoms with Gasteiger partial charge in [-0.25, -0.2) is 0 Å². The van der Waals surface area contributed by atoms with Gasteiger partial charge in [0.15, 0.2) is 0 Å². The molecule has 0 unspecified atom stereocenters. The largest absolute Gasteiger partial charge is 0.272 e. The van der Waals surface area contributed by atoms with Crippen LogP contribution in [-0.4, -0.2) is 4.92 Å². The van der Waals surface area contributed by atoms with E-state index in [0.29, 0.717) is 9.50 Å². The first-order valence-electron chi connectivity index (χ1n) is 3.70. The van der Waals surface area contributed by atoms with Gasteiger partial charge in [-0.05, 0) is 6.07 Å². The highest BCUT2D eigenvalue weighted by molar-refractivity contribution is 9.10. The van der Waals surface area contributed by atoms with Gasteiger partial charge < -0.3 is 0 Å². The van der Waals surface area contributed by atoms with Gasteiger partial charge in [-0.15, -0.1) is 0 Å². The molecule has 0 amide bonds. The number of nitro groups is 1. The van der Waals surface area contributed by atoms with Gasteiger partial charge in [0.1, 0.15) is 0 Å². The van der Waals surface area contributed by atoms with E-state index in [0.717, 1.165) is 0 Å². The zero-order valence-electron chi connectivity index (χ0n) is 7.25. The fraction of sp³-hybridized carbons (Fsp3) is 0.250. The Balaban J connectivity index is 0.000000671. The molecule has 1 aromatic carbocycles. The van der Waals surface area contributed by atoms with E-state index in [-0.39, 0.29) is 5.69 Å². The average molecular weight is 267 g/mol. The minimum Gasteiger partial charge on any atom is -0.258 e. The van der Waals surface area contributed by atoms with Gasteiger partial charge in [0, 0.05) is 21.6 Å². The highest BCUT2D eigenvalue weighted by Gasteiger charge is 2.06. The molecule has 72 valence electrons. The molecule has 0 atom stereocenters. The molecule has 0 N–H and O–H groups in total. The Kier molecular flexibility index (Phi) is 5.66. The van der Waals surface area contributed by atoms with Gasteiger partial charge in [-0.1, -0.05) is 41.4 Å². The van der Waals surface area contributed by atoms with Crippen LogP contribution in [0, 0.1) is 10.1 Å². The van der Waals surface area contributed by atoms with Crippen LogP contribution >= 0.6 is 27.5 Å². The maximum Gasteiger partial charge on any atom is 0.272 e. The molecular weight excluding hydrogens is 257 g/mol. The molecule has 0 spiro atoms. The Morgan fingerprint density at radius 3 is 2.31 bits per heavy atom. The summed E-state index contributed by atoms with van der Waals surface area (Å²) in [5, 5.41) is 10.6. The van der Waals surface area contributed by atoms with Crippen molar-refractivity contribution in [1.29, 1.82) is 0 Å². The Morgan fingerprint density at radius 1 is 1.38 bits per heavy atom. The molecular formula is C8H9BrClNO2. The maximum absolute atomic E-state index is 10.2. The van der Waals surface area contributed by atoms with Crippen LogP contribution in [0.25, 0.3) is 0 Å². The number of nitrogens with zero attached hydrogens (tertiary/aromatic N) is 1. The zero-order valence-corrected chi connectivity index (χ0v) is 9.59. The predicted molar refractivity (Wildman–Crippen MR) is 57.2 cm³/mol. The Hall–Kier alpha value is -0.610. The topological polar surface area (TPSA) is 43.1 Å². The van der Waals surface area contributed by atoms with E-state index in [2.05, 4.69) is 15.9 Å². The molecule has 0 aliphatic rings. The second kappa shape index (κ2) is 5.94. The van der Waals surface area contributed by atoms with Gasteiger partial charge in [0.25, 0.3) is 5.69 Å². The third-order valence-corrected chi connectivity index (χ3v) is 1.73. The molecule has 1 aromatic rings. The predicted octanol–water partition coefficient (Wildman–Crippen LogP) is 4.04. The van der Waals surface area contributed by atoms with Crippen LogP contribution in [-0.2, 0) is 0 Å². The maximum atomic E-state index is 10.2. The van der Waals surface area contributed by atoms with Crippen LogP contribution in [0.5, 0.6) is 0 Å². The quantitative estimate of drug-likeness (QED) is 0.569. The van der Waals surface area contributed by atoms with E-state index in [9.17, 15) is 10.1 Å². The Morgan fingerprint density at radius 2 is 1.92 bits per heavy atom. The monoisotopic (exact) mass is 265 g/mol. The van der Waals surface area contributed by atoms with E-state index in [1.807, 2.05) is 13.8 Å². The minimum absolute atomic E-state index is 0.00984. The molecule has 0 aliphatic carbocycles. The van der Waals surface area contributed by atoms with Crippen molar-refractivity contribution in [2.24, 2.45) is 0 Å². The first-order chi connectivity index (χ1) is 6.09. The molecule has 0 radical (unpaired) electrons. The van der Waals surface area contributed by atoms with Crippen molar-refractivity contribution in [3.05, 3.63) is 37.8 Å². The lowest BCUT2D eigenvalue weighted by atomic mass is 10.3. The number of benzene rings is 1. The molecule has 0 aliphatic heterocycles. The minimum atomic E-state index is -0.489. The highest BCUT2D eigenvalue weighted by Crippen LogP contribution is 2.23. The van der Waals surface area contributed by atoms with E-state index in [1.54, 1.807) is 6.07 Å². The molecule has 0 saturated heterocycles. The number of halogens is 2. The van der Waals surface area contributed by atoms with Crippen molar-refractivity contribution in [2.75, 3.05) is 0 Å². The molecule has 0 heterocycles. The summed E-state index contributed by atoms with van der Waals surface area (Å²) < 4.78 is 0.608. The van der Waals surface area contributed by atoms with Crippen molar-refractivity contribution >= 4 is 33.2 Å². The van der Waals surface area contributed by atoms with Crippen molar-refractivity contribution in [3.63, 3.8) is 0 Å². The number of hydrogen-bond donors (Lipinski definition) is 0. The van der Waals surface area contributed by atoms with Crippen molar-refractivity contribution in [1.82, 2.24) is 0 Å². The third-order valence-electron chi connectivity index (χ3n) is 1.06. The smallest absolute Gasteiger partial charge is 0.258 e. The van der Waals surface area contributed by atoms with Gasteiger partial charge >= 0.3 is 0 Å². The fourth-order valence-corrected chi connectivity index (χ4v) is 1.49. The Labute approximate surface area is 90.0 Å². The van der Waals surface area contributed by atoms with Crippen molar-refractivity contribution in [3.8, 4) is 0 Å². The summed E-state index contributed by atoms with van der Waals surface area (Å²) >= 11 is 8.65. The van der Waals surface area contributed by atoms with Crippen molar-refractivity contribution in [2.45, 2.75) is 13.8 Å². The first kappa shape index (κ1) is 12.4. The van der Waals surface area contributed by atoms with Crippen molar-refractivity contribution < 1.29 is 4.92 Å². The van der Waals surface area contributed by atoms with Gasteiger partial charge in [-0.2, -0.15) is 0 Å². The average Bonchev–Trinajstić information content (AvgIpc) is 2.06. The summed E-state index contributed by atoms with van der Waals surface area (Å²) in [6, 6.07) is 4.28. The summed E-state index contributed by atoms with van der Waals surface area (Å²) in [6.07, 6.45) is 0. The highest BCUT2D eigenvalue weighted by atomic mass is 79.9. The van der Waals surface area contributed by atoms with Crippen LogP contribution in [0.1, 0.15) is 13.8 Å². The first-order valence-corrected chi connectivity index (χ1v) is 4.87.